The highest BCUT2D eigenvalue weighted by Gasteiger charge is 2.54. The van der Waals surface area contributed by atoms with Crippen LogP contribution in [-0.2, 0) is 20.8 Å². The van der Waals surface area contributed by atoms with Gasteiger partial charge in [-0.2, -0.15) is 5.10 Å². The monoisotopic (exact) mass is 509 g/mol. The van der Waals surface area contributed by atoms with Crippen LogP contribution in [0.15, 0.2) is 59.7 Å². The molecule has 0 saturated carbocycles. The molecule has 2 aromatic rings. The van der Waals surface area contributed by atoms with E-state index in [2.05, 4.69) is 10.4 Å². The van der Waals surface area contributed by atoms with E-state index in [4.69, 9.17) is 10.5 Å². The normalized spacial score (nSPS) is 20.2. The van der Waals surface area contributed by atoms with Gasteiger partial charge in [-0.25, -0.2) is 9.40 Å². The van der Waals surface area contributed by atoms with E-state index in [0.29, 0.717) is 19.4 Å². The fourth-order valence-corrected chi connectivity index (χ4v) is 4.69. The van der Waals surface area contributed by atoms with Crippen molar-refractivity contribution in [1.29, 1.82) is 0 Å². The molecular formula is C27H32FN5O4. The van der Waals surface area contributed by atoms with E-state index in [1.807, 2.05) is 30.3 Å². The Labute approximate surface area is 215 Å². The van der Waals surface area contributed by atoms with Gasteiger partial charge in [-0.05, 0) is 38.0 Å². The van der Waals surface area contributed by atoms with Gasteiger partial charge in [0.15, 0.2) is 11.6 Å². The number of ether oxygens (including phenoxy) is 1. The molecule has 0 radical (unpaired) electrons. The summed E-state index contributed by atoms with van der Waals surface area (Å²) < 4.78 is 19.7. The highest BCUT2D eigenvalue weighted by atomic mass is 19.1. The van der Waals surface area contributed by atoms with Gasteiger partial charge in [0.05, 0.1) is 11.3 Å². The molecule has 2 aliphatic rings. The minimum absolute atomic E-state index is 0.0391. The van der Waals surface area contributed by atoms with Gasteiger partial charge in [0.2, 0.25) is 11.8 Å². The Morgan fingerprint density at radius 1 is 1.19 bits per heavy atom. The third kappa shape index (κ3) is 5.48. The van der Waals surface area contributed by atoms with Crippen LogP contribution in [0.2, 0.25) is 0 Å². The molecule has 3 amide bonds. The van der Waals surface area contributed by atoms with Crippen molar-refractivity contribution in [3.05, 3.63) is 66.0 Å². The number of hydrogen-bond donors (Lipinski definition) is 2. The number of fused-ring (bicyclic) bond motifs is 1. The molecule has 0 bridgehead atoms. The quantitative estimate of drug-likeness (QED) is 0.562. The number of hydrazone groups is 1. The molecule has 2 aliphatic heterocycles. The molecule has 1 fully saturated rings. The maximum atomic E-state index is 14.1. The molecule has 2 aromatic carbocycles. The molecule has 37 heavy (non-hydrogen) atoms. The number of carbonyl (C=O) groups excluding carboxylic acids is 3. The first-order valence-electron chi connectivity index (χ1n) is 12.2. The van der Waals surface area contributed by atoms with Gasteiger partial charge in [-0.15, -0.1) is 0 Å². The summed E-state index contributed by atoms with van der Waals surface area (Å²) in [6.45, 7) is 3.15. The van der Waals surface area contributed by atoms with E-state index >= 15 is 0 Å². The molecule has 0 spiro atoms. The third-order valence-electron chi connectivity index (χ3n) is 6.70. The van der Waals surface area contributed by atoms with Crippen molar-refractivity contribution in [2.75, 3.05) is 26.7 Å². The smallest absolute Gasteiger partial charge is 0.256 e. The van der Waals surface area contributed by atoms with Crippen molar-refractivity contribution in [1.82, 2.24) is 15.2 Å². The van der Waals surface area contributed by atoms with Crippen molar-refractivity contribution < 1.29 is 23.5 Å². The number of nitrogens with one attached hydrogen (secondary N) is 1. The number of rotatable bonds is 8. The molecule has 1 saturated heterocycles. The number of nitrogens with zero attached hydrogens (tertiary/aromatic N) is 3. The SMILES string of the molecule is CN1N=C2CCN(C(=O)C(COc3ccccc3F)NC(=O)C(C)(C)N)CC2(Cc2ccccc2)C1=O. The van der Waals surface area contributed by atoms with Crippen molar-refractivity contribution in [3.8, 4) is 5.75 Å². The van der Waals surface area contributed by atoms with Crippen molar-refractivity contribution >= 4 is 23.4 Å². The summed E-state index contributed by atoms with van der Waals surface area (Å²) in [6, 6.07) is 14.3. The van der Waals surface area contributed by atoms with Gasteiger partial charge in [-0.1, -0.05) is 42.5 Å². The van der Waals surface area contributed by atoms with Crippen molar-refractivity contribution in [2.24, 2.45) is 16.3 Å². The maximum absolute atomic E-state index is 14.1. The zero-order valence-corrected chi connectivity index (χ0v) is 21.2. The molecule has 0 aliphatic carbocycles. The van der Waals surface area contributed by atoms with Gasteiger partial charge in [0, 0.05) is 26.6 Å². The van der Waals surface area contributed by atoms with Crippen LogP contribution in [0.1, 0.15) is 25.8 Å². The zero-order chi connectivity index (χ0) is 26.8. The molecule has 196 valence electrons. The first kappa shape index (κ1) is 26.3. The number of amides is 3. The molecule has 4 rings (SSSR count). The van der Waals surface area contributed by atoms with E-state index in [-0.39, 0.29) is 24.8 Å². The molecule has 2 unspecified atom stereocenters. The lowest BCUT2D eigenvalue weighted by Crippen LogP contribution is -2.62. The highest BCUT2D eigenvalue weighted by molar-refractivity contribution is 6.13. The molecule has 9 nitrogen and oxygen atoms in total. The number of nitrogens with two attached hydrogens (primary N) is 1. The lowest BCUT2D eigenvalue weighted by molar-refractivity contribution is -0.143. The highest BCUT2D eigenvalue weighted by Crippen LogP contribution is 2.38. The second kappa shape index (κ2) is 10.3. The fourth-order valence-electron chi connectivity index (χ4n) is 4.69. The topological polar surface area (TPSA) is 117 Å². The number of para-hydroxylation sites is 1. The minimum atomic E-state index is -1.25. The van der Waals surface area contributed by atoms with Gasteiger partial charge in [0.25, 0.3) is 5.91 Å². The van der Waals surface area contributed by atoms with Crippen molar-refractivity contribution in [3.63, 3.8) is 0 Å². The zero-order valence-electron chi connectivity index (χ0n) is 21.2. The Morgan fingerprint density at radius 2 is 1.86 bits per heavy atom. The lowest BCUT2D eigenvalue weighted by Gasteiger charge is -2.40. The van der Waals surface area contributed by atoms with Gasteiger partial charge < -0.3 is 20.7 Å². The Bertz CT molecular complexity index is 1210. The largest absolute Gasteiger partial charge is 0.488 e. The second-order valence-electron chi connectivity index (χ2n) is 10.1. The first-order chi connectivity index (χ1) is 17.5. The summed E-state index contributed by atoms with van der Waals surface area (Å²) in [6.07, 6.45) is 0.796. The molecule has 2 heterocycles. The first-order valence-corrected chi connectivity index (χ1v) is 12.2. The number of halogens is 1. The van der Waals surface area contributed by atoms with E-state index in [1.165, 1.54) is 37.1 Å². The van der Waals surface area contributed by atoms with Crippen LogP contribution < -0.4 is 15.8 Å². The van der Waals surface area contributed by atoms with Crippen LogP contribution in [0.3, 0.4) is 0 Å². The fraction of sp³-hybridized carbons (Fsp3) is 0.407. The number of likely N-dealkylation sites (tertiary alicyclic amines) is 1. The van der Waals surface area contributed by atoms with Crippen LogP contribution in [-0.4, -0.2) is 71.7 Å². The van der Waals surface area contributed by atoms with E-state index in [0.717, 1.165) is 11.3 Å². The molecular weight excluding hydrogens is 477 g/mol. The van der Waals surface area contributed by atoms with E-state index in [1.54, 1.807) is 18.0 Å². The summed E-state index contributed by atoms with van der Waals surface area (Å²) >= 11 is 0. The third-order valence-corrected chi connectivity index (χ3v) is 6.70. The predicted molar refractivity (Wildman–Crippen MR) is 136 cm³/mol. The van der Waals surface area contributed by atoms with Gasteiger partial charge in [-0.3, -0.25) is 14.4 Å². The summed E-state index contributed by atoms with van der Waals surface area (Å²) in [5.41, 5.74) is 5.37. The predicted octanol–water partition coefficient (Wildman–Crippen LogP) is 1.72. The number of hydrogen-bond acceptors (Lipinski definition) is 6. The van der Waals surface area contributed by atoms with Gasteiger partial charge >= 0.3 is 0 Å². The summed E-state index contributed by atoms with van der Waals surface area (Å²) in [5, 5.41) is 8.47. The maximum Gasteiger partial charge on any atom is 0.256 e. The van der Waals surface area contributed by atoms with Crippen LogP contribution in [0.5, 0.6) is 5.75 Å². The molecule has 0 aromatic heterocycles. The minimum Gasteiger partial charge on any atom is -0.488 e. The molecule has 3 N–H and O–H groups in total. The molecule has 2 atom stereocenters. The Morgan fingerprint density at radius 3 is 2.54 bits per heavy atom. The molecule has 10 heteroatoms. The number of piperidine rings is 1. The van der Waals surface area contributed by atoms with Crippen molar-refractivity contribution in [2.45, 2.75) is 38.3 Å². The number of carbonyl (C=O) groups is 3. The standard InChI is InChI=1S/C27H32FN5O4/c1-26(2,29)24(35)30-20(16-37-21-12-8-7-11-19(21)28)23(34)33-14-13-22-27(17-33,25(36)32(3)31-22)15-18-9-5-4-6-10-18/h4-12,20H,13-17,29H2,1-3H3,(H,30,35). The lowest BCUT2D eigenvalue weighted by atomic mass is 9.73. The summed E-state index contributed by atoms with van der Waals surface area (Å²) in [7, 11) is 1.61. The van der Waals surface area contributed by atoms with Crippen LogP contribution in [0.4, 0.5) is 4.39 Å². The second-order valence-corrected chi connectivity index (χ2v) is 10.1. The summed E-state index contributed by atoms with van der Waals surface area (Å²) in [5.74, 6) is -1.81. The Kier molecular flexibility index (Phi) is 7.31. The van der Waals surface area contributed by atoms with E-state index < -0.39 is 34.6 Å². The van der Waals surface area contributed by atoms with Crippen LogP contribution >= 0.6 is 0 Å². The van der Waals surface area contributed by atoms with Gasteiger partial charge in [0.1, 0.15) is 18.1 Å². The van der Waals surface area contributed by atoms with Crippen LogP contribution in [0.25, 0.3) is 0 Å². The average Bonchev–Trinajstić information content (AvgIpc) is 3.11. The van der Waals surface area contributed by atoms with Crippen LogP contribution in [0, 0.1) is 11.2 Å². The Balaban J connectivity index is 1.59. The Hall–Kier alpha value is -3.79. The van der Waals surface area contributed by atoms with E-state index in [9.17, 15) is 18.8 Å². The summed E-state index contributed by atoms with van der Waals surface area (Å²) in [4.78, 5) is 41.4. The average molecular weight is 510 g/mol. The number of benzene rings is 2.